The van der Waals surface area contributed by atoms with Crippen molar-refractivity contribution in [1.29, 1.82) is 0 Å². The number of pyridine rings is 1. The average molecular weight is 288 g/mol. The molecule has 1 aromatic heterocycles. The summed E-state index contributed by atoms with van der Waals surface area (Å²) in [6.45, 7) is 5.09. The van der Waals surface area contributed by atoms with E-state index in [0.29, 0.717) is 6.54 Å². The highest BCUT2D eigenvalue weighted by Crippen LogP contribution is 2.19. The van der Waals surface area contributed by atoms with Crippen LogP contribution in [-0.2, 0) is 19.4 Å². The lowest BCUT2D eigenvalue weighted by Gasteiger charge is -2.33. The van der Waals surface area contributed by atoms with Crippen LogP contribution in [0.5, 0.6) is 0 Å². The number of fused-ring (bicyclic) bond motifs is 1. The van der Waals surface area contributed by atoms with Gasteiger partial charge in [0.25, 0.3) is 0 Å². The Bertz CT molecular complexity index is 517. The van der Waals surface area contributed by atoms with Gasteiger partial charge in [0.15, 0.2) is 0 Å². The molecule has 3 rings (SSSR count). The third kappa shape index (κ3) is 3.35. The van der Waals surface area contributed by atoms with Crippen LogP contribution in [-0.4, -0.2) is 41.6 Å². The minimum absolute atomic E-state index is 0.0171. The molecule has 0 saturated carbocycles. The molecule has 1 atom stereocenters. The minimum Gasteiger partial charge on any atom is -0.332 e. The van der Waals surface area contributed by atoms with Gasteiger partial charge in [-0.15, -0.1) is 0 Å². The van der Waals surface area contributed by atoms with Crippen LogP contribution < -0.4 is 10.6 Å². The number of amides is 2. The highest BCUT2D eigenvalue weighted by Gasteiger charge is 2.22. The Balaban J connectivity index is 1.58. The number of nitrogens with one attached hydrogen (secondary N) is 2. The number of urea groups is 1. The first-order valence-electron chi connectivity index (χ1n) is 7.97. The molecule has 5 heteroatoms. The summed E-state index contributed by atoms with van der Waals surface area (Å²) in [7, 11) is 0. The van der Waals surface area contributed by atoms with Crippen LogP contribution in [0, 0.1) is 0 Å². The summed E-state index contributed by atoms with van der Waals surface area (Å²) >= 11 is 0. The lowest BCUT2D eigenvalue weighted by Crippen LogP contribution is -2.55. The third-order valence-corrected chi connectivity index (χ3v) is 4.42. The zero-order valence-corrected chi connectivity index (χ0v) is 12.7. The van der Waals surface area contributed by atoms with Crippen molar-refractivity contribution in [3.8, 4) is 0 Å². The molecule has 2 heterocycles. The van der Waals surface area contributed by atoms with E-state index < -0.39 is 0 Å². The molecule has 1 aliphatic heterocycles. The van der Waals surface area contributed by atoms with Crippen molar-refractivity contribution in [2.24, 2.45) is 0 Å². The van der Waals surface area contributed by atoms with Gasteiger partial charge in [0.05, 0.1) is 12.2 Å². The summed E-state index contributed by atoms with van der Waals surface area (Å²) in [4.78, 5) is 18.8. The van der Waals surface area contributed by atoms with Crippen LogP contribution in [0.3, 0.4) is 0 Å². The van der Waals surface area contributed by atoms with Crippen molar-refractivity contribution in [2.45, 2.75) is 45.2 Å². The fourth-order valence-corrected chi connectivity index (χ4v) is 3.14. The standard InChI is InChI=1S/C16H24N4O/c1-12-10-17-8-9-20(12)16(21)18-11-14-7-6-13-4-2-3-5-15(13)19-14/h6-7,12,17H,2-5,8-11H2,1H3,(H,18,21)/t12-/m1/s1. The normalized spacial score (nSPS) is 21.8. The number of hydrogen-bond acceptors (Lipinski definition) is 3. The number of piperazine rings is 1. The van der Waals surface area contributed by atoms with Crippen LogP contribution >= 0.6 is 0 Å². The van der Waals surface area contributed by atoms with E-state index in [-0.39, 0.29) is 12.1 Å². The summed E-state index contributed by atoms with van der Waals surface area (Å²) < 4.78 is 0. The molecule has 0 aromatic carbocycles. The number of aryl methyl sites for hydroxylation is 2. The van der Waals surface area contributed by atoms with Crippen molar-refractivity contribution < 1.29 is 4.79 Å². The number of rotatable bonds is 2. The van der Waals surface area contributed by atoms with Gasteiger partial charge in [-0.3, -0.25) is 4.98 Å². The first-order chi connectivity index (χ1) is 10.2. The Labute approximate surface area is 126 Å². The average Bonchev–Trinajstić information content (AvgIpc) is 2.53. The molecule has 1 saturated heterocycles. The Kier molecular flexibility index (Phi) is 4.39. The molecule has 1 aliphatic carbocycles. The van der Waals surface area contributed by atoms with E-state index in [0.717, 1.165) is 38.2 Å². The Hall–Kier alpha value is -1.62. The quantitative estimate of drug-likeness (QED) is 0.866. The Morgan fingerprint density at radius 3 is 3.14 bits per heavy atom. The maximum Gasteiger partial charge on any atom is 0.318 e. The Morgan fingerprint density at radius 2 is 2.29 bits per heavy atom. The minimum atomic E-state index is 0.0171. The number of hydrogen-bond donors (Lipinski definition) is 2. The van der Waals surface area contributed by atoms with Gasteiger partial charge in [-0.25, -0.2) is 4.79 Å². The molecule has 0 radical (unpaired) electrons. The van der Waals surface area contributed by atoms with Crippen molar-refractivity contribution in [1.82, 2.24) is 20.5 Å². The van der Waals surface area contributed by atoms with Crippen LogP contribution in [0.2, 0.25) is 0 Å². The molecule has 0 spiro atoms. The van der Waals surface area contributed by atoms with Crippen LogP contribution in [0.1, 0.15) is 36.7 Å². The second kappa shape index (κ2) is 6.43. The van der Waals surface area contributed by atoms with Gasteiger partial charge < -0.3 is 15.5 Å². The van der Waals surface area contributed by atoms with Gasteiger partial charge in [0, 0.05) is 31.4 Å². The second-order valence-electron chi connectivity index (χ2n) is 6.02. The number of carbonyl (C=O) groups is 1. The van der Waals surface area contributed by atoms with Gasteiger partial charge in [-0.2, -0.15) is 0 Å². The Morgan fingerprint density at radius 1 is 1.43 bits per heavy atom. The fourth-order valence-electron chi connectivity index (χ4n) is 3.14. The van der Waals surface area contributed by atoms with Crippen LogP contribution in [0.15, 0.2) is 12.1 Å². The van der Waals surface area contributed by atoms with Crippen molar-refractivity contribution in [3.05, 3.63) is 29.1 Å². The molecule has 114 valence electrons. The summed E-state index contributed by atoms with van der Waals surface area (Å²) in [5.74, 6) is 0. The van der Waals surface area contributed by atoms with Crippen LogP contribution in [0.4, 0.5) is 4.79 Å². The molecule has 1 aromatic rings. The fraction of sp³-hybridized carbons (Fsp3) is 0.625. The zero-order chi connectivity index (χ0) is 14.7. The maximum absolute atomic E-state index is 12.2. The lowest BCUT2D eigenvalue weighted by molar-refractivity contribution is 0.164. The van der Waals surface area contributed by atoms with E-state index in [1.807, 2.05) is 11.0 Å². The second-order valence-corrected chi connectivity index (χ2v) is 6.02. The molecular formula is C16H24N4O. The smallest absolute Gasteiger partial charge is 0.318 e. The predicted molar refractivity (Wildman–Crippen MR) is 82.2 cm³/mol. The van der Waals surface area contributed by atoms with Crippen molar-refractivity contribution >= 4 is 6.03 Å². The van der Waals surface area contributed by atoms with Gasteiger partial charge in [-0.1, -0.05) is 6.07 Å². The van der Waals surface area contributed by atoms with E-state index in [1.165, 1.54) is 24.1 Å². The first kappa shape index (κ1) is 14.3. The van der Waals surface area contributed by atoms with Crippen molar-refractivity contribution in [3.63, 3.8) is 0 Å². The summed E-state index contributed by atoms with van der Waals surface area (Å²) in [5.41, 5.74) is 3.57. The topological polar surface area (TPSA) is 57.3 Å². The monoisotopic (exact) mass is 288 g/mol. The molecular weight excluding hydrogens is 264 g/mol. The van der Waals surface area contributed by atoms with Gasteiger partial charge in [-0.05, 0) is 44.2 Å². The summed E-state index contributed by atoms with van der Waals surface area (Å²) in [6, 6.07) is 4.49. The van der Waals surface area contributed by atoms with Gasteiger partial charge in [0.1, 0.15) is 0 Å². The van der Waals surface area contributed by atoms with Gasteiger partial charge in [0.2, 0.25) is 0 Å². The molecule has 2 aliphatic rings. The maximum atomic E-state index is 12.2. The van der Waals surface area contributed by atoms with Gasteiger partial charge >= 0.3 is 6.03 Å². The molecule has 21 heavy (non-hydrogen) atoms. The molecule has 0 unspecified atom stereocenters. The number of aromatic nitrogens is 1. The first-order valence-corrected chi connectivity index (χ1v) is 7.97. The third-order valence-electron chi connectivity index (χ3n) is 4.42. The highest BCUT2D eigenvalue weighted by molar-refractivity contribution is 5.74. The molecule has 2 N–H and O–H groups in total. The predicted octanol–water partition coefficient (Wildman–Crippen LogP) is 1.46. The zero-order valence-electron chi connectivity index (χ0n) is 12.7. The van der Waals surface area contributed by atoms with Crippen LogP contribution in [0.25, 0.3) is 0 Å². The van der Waals surface area contributed by atoms with E-state index in [1.54, 1.807) is 0 Å². The molecule has 0 bridgehead atoms. The number of nitrogens with zero attached hydrogens (tertiary/aromatic N) is 2. The van der Waals surface area contributed by atoms with E-state index in [2.05, 4.69) is 23.6 Å². The molecule has 1 fully saturated rings. The SMILES string of the molecule is C[C@@H]1CNCCN1C(=O)NCc1ccc2c(n1)CCCC2. The molecule has 2 amide bonds. The van der Waals surface area contributed by atoms with E-state index >= 15 is 0 Å². The number of carbonyl (C=O) groups excluding carboxylic acids is 1. The largest absolute Gasteiger partial charge is 0.332 e. The van der Waals surface area contributed by atoms with Crippen molar-refractivity contribution in [2.75, 3.05) is 19.6 Å². The highest BCUT2D eigenvalue weighted by atomic mass is 16.2. The lowest BCUT2D eigenvalue weighted by atomic mass is 9.96. The summed E-state index contributed by atoms with van der Waals surface area (Å²) in [5, 5.41) is 6.30. The summed E-state index contributed by atoms with van der Waals surface area (Å²) in [6.07, 6.45) is 4.72. The molecule has 5 nitrogen and oxygen atoms in total. The van der Waals surface area contributed by atoms with E-state index in [9.17, 15) is 4.79 Å². The van der Waals surface area contributed by atoms with E-state index in [4.69, 9.17) is 4.98 Å².